The molecule has 1 aromatic heterocycles. The van der Waals surface area contributed by atoms with E-state index >= 15 is 0 Å². The van der Waals surface area contributed by atoms with Crippen molar-refractivity contribution in [2.45, 2.75) is 19.0 Å². The highest BCUT2D eigenvalue weighted by molar-refractivity contribution is 7.91. The van der Waals surface area contributed by atoms with Crippen molar-refractivity contribution in [3.63, 3.8) is 0 Å². The van der Waals surface area contributed by atoms with Crippen molar-refractivity contribution in [2.75, 3.05) is 18.6 Å². The van der Waals surface area contributed by atoms with Crippen LogP contribution in [-0.4, -0.2) is 58.8 Å². The minimum atomic E-state index is -3.02. The maximum Gasteiger partial charge on any atom is 0.253 e. The summed E-state index contributed by atoms with van der Waals surface area (Å²) in [5, 5.41) is 8.32. The standard InChI is InChI=1S/C19H20N4O3S/c1-22(16-10-11-27(25,26)13-16)19(24)15-8-6-14(7-9-15)12-23-18-5-3-2-4-17(18)20-21-23/h2-9,16H,10-13H2,1H3/t16-/m1/s1. The minimum Gasteiger partial charge on any atom is -0.338 e. The van der Waals surface area contributed by atoms with Gasteiger partial charge in [0.1, 0.15) is 5.52 Å². The summed E-state index contributed by atoms with van der Waals surface area (Å²) in [7, 11) is -1.35. The van der Waals surface area contributed by atoms with Crippen molar-refractivity contribution in [3.05, 3.63) is 59.7 Å². The summed E-state index contributed by atoms with van der Waals surface area (Å²) >= 11 is 0. The molecule has 4 rings (SSSR count). The van der Waals surface area contributed by atoms with E-state index in [4.69, 9.17) is 0 Å². The van der Waals surface area contributed by atoms with E-state index in [1.165, 1.54) is 0 Å². The number of nitrogens with zero attached hydrogens (tertiary/aromatic N) is 4. The number of para-hydroxylation sites is 1. The third-order valence-electron chi connectivity index (χ3n) is 5.03. The lowest BCUT2D eigenvalue weighted by molar-refractivity contribution is 0.0747. The molecule has 0 bridgehead atoms. The molecular formula is C19H20N4O3S. The van der Waals surface area contributed by atoms with Crippen molar-refractivity contribution in [3.8, 4) is 0 Å². The summed E-state index contributed by atoms with van der Waals surface area (Å²) in [4.78, 5) is 14.2. The normalized spacial score (nSPS) is 18.6. The Bertz CT molecular complexity index is 1090. The van der Waals surface area contributed by atoms with E-state index in [1.54, 1.807) is 24.1 Å². The molecule has 7 nitrogen and oxygen atoms in total. The Hall–Kier alpha value is -2.74. The SMILES string of the molecule is CN(C(=O)c1ccc(Cn2nnc3ccccc32)cc1)[C@@H]1CCS(=O)(=O)C1. The highest BCUT2D eigenvalue weighted by atomic mass is 32.2. The lowest BCUT2D eigenvalue weighted by atomic mass is 10.1. The zero-order chi connectivity index (χ0) is 19.0. The first-order chi connectivity index (χ1) is 12.9. The Morgan fingerprint density at radius 2 is 1.93 bits per heavy atom. The van der Waals surface area contributed by atoms with Crippen LogP contribution in [0.2, 0.25) is 0 Å². The fourth-order valence-corrected chi connectivity index (χ4v) is 5.18. The predicted molar refractivity (Wildman–Crippen MR) is 102 cm³/mol. The molecule has 0 aliphatic carbocycles. The van der Waals surface area contributed by atoms with Gasteiger partial charge >= 0.3 is 0 Å². The lowest BCUT2D eigenvalue weighted by Crippen LogP contribution is -2.37. The molecule has 1 fully saturated rings. The van der Waals surface area contributed by atoms with Crippen LogP contribution < -0.4 is 0 Å². The minimum absolute atomic E-state index is 0.0483. The van der Waals surface area contributed by atoms with Crippen LogP contribution in [-0.2, 0) is 16.4 Å². The number of rotatable bonds is 4. The van der Waals surface area contributed by atoms with Gasteiger partial charge in [-0.1, -0.05) is 29.5 Å². The third-order valence-corrected chi connectivity index (χ3v) is 6.78. The van der Waals surface area contributed by atoms with Gasteiger partial charge in [0, 0.05) is 18.7 Å². The number of carbonyl (C=O) groups is 1. The zero-order valence-electron chi connectivity index (χ0n) is 14.9. The molecular weight excluding hydrogens is 364 g/mol. The van der Waals surface area contributed by atoms with E-state index < -0.39 is 9.84 Å². The van der Waals surface area contributed by atoms with Gasteiger partial charge in [0.15, 0.2) is 9.84 Å². The van der Waals surface area contributed by atoms with Crippen LogP contribution in [0.4, 0.5) is 0 Å². The maximum atomic E-state index is 12.6. The monoisotopic (exact) mass is 384 g/mol. The van der Waals surface area contributed by atoms with Gasteiger partial charge in [-0.25, -0.2) is 13.1 Å². The molecule has 27 heavy (non-hydrogen) atoms. The van der Waals surface area contributed by atoms with Crippen molar-refractivity contribution in [1.82, 2.24) is 19.9 Å². The summed E-state index contributed by atoms with van der Waals surface area (Å²) in [6.07, 6.45) is 0.502. The van der Waals surface area contributed by atoms with Gasteiger partial charge in [0.25, 0.3) is 5.91 Å². The predicted octanol–water partition coefficient (Wildman–Crippen LogP) is 1.74. The molecule has 0 N–H and O–H groups in total. The second kappa shape index (κ2) is 6.77. The second-order valence-electron chi connectivity index (χ2n) is 6.91. The molecule has 2 aromatic carbocycles. The number of fused-ring (bicyclic) bond motifs is 1. The average Bonchev–Trinajstić information content (AvgIpc) is 3.24. The largest absolute Gasteiger partial charge is 0.338 e. The molecule has 1 atom stereocenters. The summed E-state index contributed by atoms with van der Waals surface area (Å²) < 4.78 is 25.1. The van der Waals surface area contributed by atoms with E-state index in [-0.39, 0.29) is 23.5 Å². The van der Waals surface area contributed by atoms with Gasteiger partial charge in [-0.15, -0.1) is 5.10 Å². The molecule has 0 saturated carbocycles. The topological polar surface area (TPSA) is 85.2 Å². The smallest absolute Gasteiger partial charge is 0.253 e. The number of carbonyl (C=O) groups excluding carboxylic acids is 1. The third kappa shape index (κ3) is 3.57. The van der Waals surface area contributed by atoms with E-state index in [0.29, 0.717) is 18.5 Å². The van der Waals surface area contributed by atoms with Crippen LogP contribution in [0.15, 0.2) is 48.5 Å². The molecule has 0 unspecified atom stereocenters. The molecule has 1 aliphatic rings. The number of amides is 1. The summed E-state index contributed by atoms with van der Waals surface area (Å²) in [6, 6.07) is 14.8. The summed E-state index contributed by atoms with van der Waals surface area (Å²) in [6.45, 7) is 0.561. The zero-order valence-corrected chi connectivity index (χ0v) is 15.8. The highest BCUT2D eigenvalue weighted by Gasteiger charge is 2.32. The molecule has 0 radical (unpaired) electrons. The van der Waals surface area contributed by atoms with Gasteiger partial charge in [0.2, 0.25) is 0 Å². The number of hydrogen-bond acceptors (Lipinski definition) is 5. The fraction of sp³-hybridized carbons (Fsp3) is 0.316. The van der Waals surface area contributed by atoms with E-state index in [2.05, 4.69) is 10.3 Å². The number of aromatic nitrogens is 3. The Kier molecular flexibility index (Phi) is 4.43. The van der Waals surface area contributed by atoms with E-state index in [9.17, 15) is 13.2 Å². The first-order valence-electron chi connectivity index (χ1n) is 8.78. The second-order valence-corrected chi connectivity index (χ2v) is 9.13. The summed E-state index contributed by atoms with van der Waals surface area (Å²) in [5.41, 5.74) is 3.36. The first kappa shape index (κ1) is 17.7. The molecule has 3 aromatic rings. The molecule has 2 heterocycles. The Morgan fingerprint density at radius 3 is 2.63 bits per heavy atom. The highest BCUT2D eigenvalue weighted by Crippen LogP contribution is 2.19. The van der Waals surface area contributed by atoms with Crippen LogP contribution in [0.5, 0.6) is 0 Å². The van der Waals surface area contributed by atoms with Crippen LogP contribution >= 0.6 is 0 Å². The molecule has 1 aliphatic heterocycles. The summed E-state index contributed by atoms with van der Waals surface area (Å²) in [5.74, 6) is 0.0436. The molecule has 1 saturated heterocycles. The Morgan fingerprint density at radius 1 is 1.19 bits per heavy atom. The van der Waals surface area contributed by atoms with Crippen molar-refractivity contribution in [1.29, 1.82) is 0 Å². The van der Waals surface area contributed by atoms with Gasteiger partial charge in [-0.05, 0) is 36.2 Å². The van der Waals surface area contributed by atoms with Crippen molar-refractivity contribution in [2.24, 2.45) is 0 Å². The molecule has 8 heteroatoms. The van der Waals surface area contributed by atoms with E-state index in [1.807, 2.05) is 41.1 Å². The average molecular weight is 384 g/mol. The number of sulfone groups is 1. The van der Waals surface area contributed by atoms with Gasteiger partial charge in [-0.3, -0.25) is 4.79 Å². The van der Waals surface area contributed by atoms with Crippen LogP contribution in [0.1, 0.15) is 22.3 Å². The Labute approximate surface area is 157 Å². The van der Waals surface area contributed by atoms with Gasteiger partial charge < -0.3 is 4.90 Å². The van der Waals surface area contributed by atoms with Crippen LogP contribution in [0.3, 0.4) is 0 Å². The van der Waals surface area contributed by atoms with Gasteiger partial charge in [0.05, 0.1) is 23.6 Å². The van der Waals surface area contributed by atoms with Crippen molar-refractivity contribution >= 4 is 26.8 Å². The molecule has 140 valence electrons. The van der Waals surface area contributed by atoms with Crippen molar-refractivity contribution < 1.29 is 13.2 Å². The van der Waals surface area contributed by atoms with Gasteiger partial charge in [-0.2, -0.15) is 0 Å². The fourth-order valence-electron chi connectivity index (χ4n) is 3.41. The van der Waals surface area contributed by atoms with Crippen LogP contribution in [0, 0.1) is 0 Å². The lowest BCUT2D eigenvalue weighted by Gasteiger charge is -2.23. The molecule has 1 amide bonds. The van der Waals surface area contributed by atoms with Crippen LogP contribution in [0.25, 0.3) is 11.0 Å². The number of benzene rings is 2. The quantitative estimate of drug-likeness (QED) is 0.684. The molecule has 0 spiro atoms. The number of hydrogen-bond donors (Lipinski definition) is 0. The Balaban J connectivity index is 1.48. The van der Waals surface area contributed by atoms with E-state index in [0.717, 1.165) is 16.6 Å². The first-order valence-corrected chi connectivity index (χ1v) is 10.6. The maximum absolute atomic E-state index is 12.6.